The van der Waals surface area contributed by atoms with E-state index in [9.17, 15) is 18.0 Å². The normalized spacial score (nSPS) is 14.0. The van der Waals surface area contributed by atoms with Crippen LogP contribution in [-0.2, 0) is 23.9 Å². The Morgan fingerprint density at radius 2 is 1.91 bits per heavy atom. The van der Waals surface area contributed by atoms with E-state index in [0.29, 0.717) is 17.1 Å². The Morgan fingerprint density at radius 1 is 1.19 bits per heavy atom. The molecular weight excluding hydrogens is 437 g/mol. The molecule has 1 aliphatic heterocycles. The van der Waals surface area contributed by atoms with Gasteiger partial charge in [0.25, 0.3) is 0 Å². The summed E-state index contributed by atoms with van der Waals surface area (Å²) in [6.45, 7) is 5.22. The van der Waals surface area contributed by atoms with Crippen molar-refractivity contribution in [1.82, 2.24) is 9.88 Å². The third kappa shape index (κ3) is 4.84. The summed E-state index contributed by atoms with van der Waals surface area (Å²) in [6, 6.07) is 10.2. The fourth-order valence-corrected chi connectivity index (χ4v) is 4.66. The molecule has 166 valence electrons. The first-order valence-corrected chi connectivity index (χ1v) is 10.7. The van der Waals surface area contributed by atoms with E-state index in [-0.39, 0.29) is 5.91 Å². The smallest absolute Gasteiger partial charge is 0.355 e. The van der Waals surface area contributed by atoms with Gasteiger partial charge in [-0.05, 0) is 55.6 Å². The highest BCUT2D eigenvalue weighted by molar-refractivity contribution is 7.15. The fourth-order valence-electron chi connectivity index (χ4n) is 3.44. The number of anilines is 3. The van der Waals surface area contributed by atoms with Gasteiger partial charge in [0, 0.05) is 47.0 Å². The predicted molar refractivity (Wildman–Crippen MR) is 121 cm³/mol. The summed E-state index contributed by atoms with van der Waals surface area (Å²) in [5.41, 5.74) is 2.89. The lowest BCUT2D eigenvalue weighted by molar-refractivity contribution is -0.137. The van der Waals surface area contributed by atoms with Gasteiger partial charge in [-0.2, -0.15) is 13.2 Å². The molecule has 5 nitrogen and oxygen atoms in total. The van der Waals surface area contributed by atoms with Crippen LogP contribution in [0.4, 0.5) is 30.2 Å². The zero-order valence-electron chi connectivity index (χ0n) is 17.3. The van der Waals surface area contributed by atoms with Gasteiger partial charge in [0.05, 0.1) is 11.3 Å². The second kappa shape index (κ2) is 8.76. The minimum atomic E-state index is -4.39. The quantitative estimate of drug-likeness (QED) is 0.483. The number of rotatable bonds is 5. The van der Waals surface area contributed by atoms with Crippen molar-refractivity contribution in [3.05, 3.63) is 71.3 Å². The molecule has 0 unspecified atom stereocenters. The Kier molecular flexibility index (Phi) is 6.03. The van der Waals surface area contributed by atoms with Gasteiger partial charge in [-0.15, -0.1) is 11.3 Å². The van der Waals surface area contributed by atoms with Crippen LogP contribution in [0.3, 0.4) is 0 Å². The minimum Gasteiger partial charge on any atom is -0.355 e. The van der Waals surface area contributed by atoms with Crippen molar-refractivity contribution >= 4 is 34.3 Å². The van der Waals surface area contributed by atoms with E-state index in [4.69, 9.17) is 4.98 Å². The number of fused-ring (bicyclic) bond motifs is 1. The van der Waals surface area contributed by atoms with E-state index < -0.39 is 11.7 Å². The first kappa shape index (κ1) is 22.0. The van der Waals surface area contributed by atoms with E-state index in [2.05, 4.69) is 29.2 Å². The van der Waals surface area contributed by atoms with Crippen molar-refractivity contribution in [2.24, 2.45) is 0 Å². The standard InChI is InChI=1S/C23H21F3N4OS/c1-3-21(31)28-16-8-9-18(27-15-6-4-14(5-7-15)23(24,25)26)17(12-16)22-29-19-10-11-30(2)13-20(19)32-22/h3-9,12,27H,1,10-11,13H2,2H3,(H,28,31). The van der Waals surface area contributed by atoms with Crippen molar-refractivity contribution in [2.45, 2.75) is 19.1 Å². The van der Waals surface area contributed by atoms with Gasteiger partial charge in [-0.1, -0.05) is 6.58 Å². The van der Waals surface area contributed by atoms with Gasteiger partial charge < -0.3 is 15.5 Å². The highest BCUT2D eigenvalue weighted by Gasteiger charge is 2.30. The topological polar surface area (TPSA) is 57.3 Å². The first-order valence-electron chi connectivity index (χ1n) is 9.92. The lowest BCUT2D eigenvalue weighted by Crippen LogP contribution is -2.25. The van der Waals surface area contributed by atoms with E-state index in [1.54, 1.807) is 23.5 Å². The largest absolute Gasteiger partial charge is 0.416 e. The Balaban J connectivity index is 1.70. The zero-order valence-corrected chi connectivity index (χ0v) is 18.1. The van der Waals surface area contributed by atoms with Crippen molar-refractivity contribution in [2.75, 3.05) is 24.2 Å². The molecule has 1 amide bonds. The molecule has 32 heavy (non-hydrogen) atoms. The van der Waals surface area contributed by atoms with Gasteiger partial charge in [0.1, 0.15) is 5.01 Å². The lowest BCUT2D eigenvalue weighted by Gasteiger charge is -2.20. The number of amides is 1. The van der Waals surface area contributed by atoms with Crippen molar-refractivity contribution < 1.29 is 18.0 Å². The number of likely N-dealkylation sites (N-methyl/N-ethyl adjacent to an activating group) is 1. The Bertz CT molecular complexity index is 1160. The monoisotopic (exact) mass is 458 g/mol. The van der Waals surface area contributed by atoms with Crippen LogP contribution in [0.15, 0.2) is 55.1 Å². The maximum Gasteiger partial charge on any atom is 0.416 e. The average molecular weight is 459 g/mol. The van der Waals surface area contributed by atoms with Crippen molar-refractivity contribution in [1.29, 1.82) is 0 Å². The van der Waals surface area contributed by atoms with Crippen LogP contribution in [0.5, 0.6) is 0 Å². The average Bonchev–Trinajstić information content (AvgIpc) is 3.17. The summed E-state index contributed by atoms with van der Waals surface area (Å²) < 4.78 is 38.6. The van der Waals surface area contributed by atoms with Gasteiger partial charge in [0.15, 0.2) is 0 Å². The van der Waals surface area contributed by atoms with Gasteiger partial charge in [0.2, 0.25) is 5.91 Å². The van der Waals surface area contributed by atoms with E-state index in [0.717, 1.165) is 47.9 Å². The summed E-state index contributed by atoms with van der Waals surface area (Å²) in [6.07, 6.45) is -2.34. The number of thiazole rings is 1. The SMILES string of the molecule is C=CC(=O)Nc1ccc(Nc2ccc(C(F)(F)F)cc2)c(-c2nc3c(s2)CN(C)CC3)c1. The third-order valence-corrected chi connectivity index (χ3v) is 6.23. The number of hydrogen-bond donors (Lipinski definition) is 2. The van der Waals surface area contributed by atoms with Crippen LogP contribution < -0.4 is 10.6 Å². The predicted octanol–water partition coefficient (Wildman–Crippen LogP) is 5.68. The Labute approximate surface area is 187 Å². The number of benzene rings is 2. The molecule has 0 bridgehead atoms. The second-order valence-electron chi connectivity index (χ2n) is 7.53. The Hall–Kier alpha value is -3.17. The molecule has 2 N–H and O–H groups in total. The fraction of sp³-hybridized carbons (Fsp3) is 0.217. The molecule has 9 heteroatoms. The van der Waals surface area contributed by atoms with Crippen LogP contribution in [0, 0.1) is 0 Å². The van der Waals surface area contributed by atoms with Gasteiger partial charge >= 0.3 is 6.18 Å². The number of nitrogens with zero attached hydrogens (tertiary/aromatic N) is 2. The molecule has 2 heterocycles. The molecule has 0 spiro atoms. The number of aromatic nitrogens is 1. The second-order valence-corrected chi connectivity index (χ2v) is 8.61. The molecule has 4 rings (SSSR count). The molecule has 0 fully saturated rings. The van der Waals surface area contributed by atoms with Crippen molar-refractivity contribution in [3.63, 3.8) is 0 Å². The number of alkyl halides is 3. The van der Waals surface area contributed by atoms with Crippen LogP contribution in [0.2, 0.25) is 0 Å². The highest BCUT2D eigenvalue weighted by atomic mass is 32.1. The van der Waals surface area contributed by atoms with E-state index >= 15 is 0 Å². The summed E-state index contributed by atoms with van der Waals surface area (Å²) in [5, 5.41) is 6.72. The minimum absolute atomic E-state index is 0.334. The van der Waals surface area contributed by atoms with E-state index in [1.807, 2.05) is 6.07 Å². The summed E-state index contributed by atoms with van der Waals surface area (Å²) >= 11 is 1.58. The molecule has 0 aliphatic carbocycles. The summed E-state index contributed by atoms with van der Waals surface area (Å²) in [4.78, 5) is 20.0. The third-order valence-electron chi connectivity index (χ3n) is 5.12. The van der Waals surface area contributed by atoms with E-state index in [1.165, 1.54) is 23.1 Å². The number of carbonyl (C=O) groups is 1. The molecule has 3 aromatic rings. The molecular formula is C23H21F3N4OS. The maximum absolute atomic E-state index is 12.9. The Morgan fingerprint density at radius 3 is 2.59 bits per heavy atom. The molecule has 2 aromatic carbocycles. The molecule has 0 atom stereocenters. The molecule has 1 aromatic heterocycles. The summed E-state index contributed by atoms with van der Waals surface area (Å²) in [7, 11) is 2.06. The first-order chi connectivity index (χ1) is 15.2. The van der Waals surface area contributed by atoms with Gasteiger partial charge in [-0.25, -0.2) is 4.98 Å². The number of hydrogen-bond acceptors (Lipinski definition) is 5. The molecule has 0 radical (unpaired) electrons. The molecule has 1 aliphatic rings. The number of carbonyl (C=O) groups excluding carboxylic acids is 1. The highest BCUT2D eigenvalue weighted by Crippen LogP contribution is 2.38. The molecule has 0 saturated heterocycles. The van der Waals surface area contributed by atoms with Gasteiger partial charge in [-0.3, -0.25) is 4.79 Å². The van der Waals surface area contributed by atoms with Crippen LogP contribution in [0.25, 0.3) is 10.6 Å². The lowest BCUT2D eigenvalue weighted by atomic mass is 10.1. The van der Waals surface area contributed by atoms with Crippen LogP contribution >= 0.6 is 11.3 Å². The number of halogens is 3. The van der Waals surface area contributed by atoms with Crippen LogP contribution in [0.1, 0.15) is 16.1 Å². The summed E-state index contributed by atoms with van der Waals surface area (Å²) in [5.74, 6) is -0.334. The number of nitrogens with one attached hydrogen (secondary N) is 2. The van der Waals surface area contributed by atoms with Crippen LogP contribution in [-0.4, -0.2) is 29.4 Å². The zero-order chi connectivity index (χ0) is 22.9. The van der Waals surface area contributed by atoms with Crippen molar-refractivity contribution in [3.8, 4) is 10.6 Å². The maximum atomic E-state index is 12.9. The molecule has 0 saturated carbocycles.